The highest BCUT2D eigenvalue weighted by molar-refractivity contribution is 6.31. The van der Waals surface area contributed by atoms with Gasteiger partial charge in [-0.05, 0) is 48.0 Å². The standard InChI is InChI=1S/C24H17ClF3N5O2/c25-19-8-7-14(10-18(19)24(26,27)28)23(35)33-15-4-1-3-13(9-15)11-30-22-17-6-2-5-16(21(29)34)20(17)31-12-32-22/h1-10,12H,11H2,(H2,29,34)(H,33,35)(H,30,31,32). The second-order valence-electron chi connectivity index (χ2n) is 7.49. The second kappa shape index (κ2) is 9.59. The maximum atomic E-state index is 13.1. The molecular weight excluding hydrogens is 483 g/mol. The Morgan fingerprint density at radius 1 is 1.00 bits per heavy atom. The Hall–Kier alpha value is -4.18. The van der Waals surface area contributed by atoms with Crippen molar-refractivity contribution in [1.82, 2.24) is 9.97 Å². The third-order valence-electron chi connectivity index (χ3n) is 5.11. The van der Waals surface area contributed by atoms with Crippen molar-refractivity contribution < 1.29 is 22.8 Å². The van der Waals surface area contributed by atoms with Crippen LogP contribution in [0.25, 0.3) is 10.9 Å². The second-order valence-corrected chi connectivity index (χ2v) is 7.90. The van der Waals surface area contributed by atoms with Gasteiger partial charge in [0.05, 0.1) is 21.7 Å². The van der Waals surface area contributed by atoms with Gasteiger partial charge in [0, 0.05) is 23.2 Å². The average molecular weight is 500 g/mol. The number of nitrogens with two attached hydrogens (primary N) is 1. The molecule has 1 heterocycles. The molecule has 35 heavy (non-hydrogen) atoms. The van der Waals surface area contributed by atoms with Crippen LogP contribution in [0.4, 0.5) is 24.7 Å². The first-order chi connectivity index (χ1) is 16.6. The Kier molecular flexibility index (Phi) is 6.57. The molecule has 4 N–H and O–H groups in total. The number of carbonyl (C=O) groups excluding carboxylic acids is 2. The van der Waals surface area contributed by atoms with Crippen LogP contribution in [-0.2, 0) is 12.7 Å². The number of para-hydroxylation sites is 1. The van der Waals surface area contributed by atoms with E-state index in [1.807, 2.05) is 0 Å². The Bertz CT molecular complexity index is 1440. The number of hydrogen-bond donors (Lipinski definition) is 3. The highest BCUT2D eigenvalue weighted by atomic mass is 35.5. The summed E-state index contributed by atoms with van der Waals surface area (Å²) in [5.74, 6) is -0.835. The molecule has 7 nitrogen and oxygen atoms in total. The molecule has 0 aliphatic rings. The summed E-state index contributed by atoms with van der Waals surface area (Å²) in [5, 5.41) is 5.87. The van der Waals surface area contributed by atoms with Gasteiger partial charge >= 0.3 is 6.18 Å². The molecule has 0 fully saturated rings. The fraction of sp³-hybridized carbons (Fsp3) is 0.0833. The summed E-state index contributed by atoms with van der Waals surface area (Å²) < 4.78 is 39.3. The van der Waals surface area contributed by atoms with E-state index in [4.69, 9.17) is 17.3 Å². The van der Waals surface area contributed by atoms with Gasteiger partial charge < -0.3 is 16.4 Å². The molecule has 4 rings (SSSR count). The summed E-state index contributed by atoms with van der Waals surface area (Å²) in [4.78, 5) is 32.6. The fourth-order valence-electron chi connectivity index (χ4n) is 3.46. The summed E-state index contributed by atoms with van der Waals surface area (Å²) in [6.07, 6.45) is -3.36. The van der Waals surface area contributed by atoms with Crippen molar-refractivity contribution in [2.45, 2.75) is 12.7 Å². The smallest absolute Gasteiger partial charge is 0.366 e. The van der Waals surface area contributed by atoms with Crippen LogP contribution >= 0.6 is 11.6 Å². The summed E-state index contributed by atoms with van der Waals surface area (Å²) in [7, 11) is 0. The molecule has 0 unspecified atom stereocenters. The summed E-state index contributed by atoms with van der Waals surface area (Å²) >= 11 is 5.62. The highest BCUT2D eigenvalue weighted by Gasteiger charge is 2.33. The molecule has 0 bridgehead atoms. The van der Waals surface area contributed by atoms with Gasteiger partial charge in [0.15, 0.2) is 0 Å². The first kappa shape index (κ1) is 24.0. The zero-order valence-electron chi connectivity index (χ0n) is 17.9. The van der Waals surface area contributed by atoms with Gasteiger partial charge in [-0.15, -0.1) is 0 Å². The minimum atomic E-state index is -4.68. The van der Waals surface area contributed by atoms with Crippen molar-refractivity contribution in [2.24, 2.45) is 5.73 Å². The van der Waals surface area contributed by atoms with Gasteiger partial charge in [-0.25, -0.2) is 9.97 Å². The van der Waals surface area contributed by atoms with Gasteiger partial charge in [-0.1, -0.05) is 29.8 Å². The largest absolute Gasteiger partial charge is 0.417 e. The Morgan fingerprint density at radius 2 is 1.77 bits per heavy atom. The number of rotatable bonds is 6. The molecule has 3 aromatic carbocycles. The lowest BCUT2D eigenvalue weighted by atomic mass is 10.1. The molecule has 178 valence electrons. The molecule has 0 spiro atoms. The monoisotopic (exact) mass is 499 g/mol. The number of carbonyl (C=O) groups is 2. The Morgan fingerprint density at radius 3 is 2.51 bits per heavy atom. The number of nitrogens with zero attached hydrogens (tertiary/aromatic N) is 2. The zero-order valence-corrected chi connectivity index (χ0v) is 18.6. The van der Waals surface area contributed by atoms with Crippen LogP contribution in [0.3, 0.4) is 0 Å². The molecule has 2 amide bonds. The first-order valence-corrected chi connectivity index (χ1v) is 10.6. The number of amides is 2. The molecule has 1 aromatic heterocycles. The lowest BCUT2D eigenvalue weighted by Gasteiger charge is -2.12. The van der Waals surface area contributed by atoms with Crippen LogP contribution in [0.5, 0.6) is 0 Å². The normalized spacial score (nSPS) is 11.3. The molecule has 0 saturated heterocycles. The minimum absolute atomic E-state index is 0.178. The fourth-order valence-corrected chi connectivity index (χ4v) is 3.68. The van der Waals surface area contributed by atoms with Crippen molar-refractivity contribution in [1.29, 1.82) is 0 Å². The third kappa shape index (κ3) is 5.33. The van der Waals surface area contributed by atoms with Crippen LogP contribution in [0.1, 0.15) is 31.8 Å². The topological polar surface area (TPSA) is 110 Å². The van der Waals surface area contributed by atoms with E-state index in [2.05, 4.69) is 20.6 Å². The molecule has 0 saturated carbocycles. The predicted molar refractivity (Wildman–Crippen MR) is 126 cm³/mol. The summed E-state index contributed by atoms with van der Waals surface area (Å²) in [5.41, 5.74) is 5.99. The van der Waals surface area contributed by atoms with Gasteiger partial charge in [0.2, 0.25) is 0 Å². The zero-order chi connectivity index (χ0) is 25.2. The van der Waals surface area contributed by atoms with E-state index in [9.17, 15) is 22.8 Å². The maximum absolute atomic E-state index is 13.1. The molecule has 0 radical (unpaired) electrons. The van der Waals surface area contributed by atoms with Crippen LogP contribution in [0, 0.1) is 0 Å². The van der Waals surface area contributed by atoms with E-state index in [0.29, 0.717) is 35.0 Å². The van der Waals surface area contributed by atoms with E-state index in [1.165, 1.54) is 12.4 Å². The van der Waals surface area contributed by atoms with E-state index in [1.54, 1.807) is 42.5 Å². The summed E-state index contributed by atoms with van der Waals surface area (Å²) in [6.45, 7) is 0.301. The number of alkyl halides is 3. The van der Waals surface area contributed by atoms with E-state index < -0.39 is 28.6 Å². The average Bonchev–Trinajstić information content (AvgIpc) is 2.82. The van der Waals surface area contributed by atoms with Crippen LogP contribution in [0.2, 0.25) is 5.02 Å². The van der Waals surface area contributed by atoms with E-state index in [-0.39, 0.29) is 11.1 Å². The minimum Gasteiger partial charge on any atom is -0.366 e. The van der Waals surface area contributed by atoms with Crippen molar-refractivity contribution in [2.75, 3.05) is 10.6 Å². The predicted octanol–water partition coefficient (Wildman–Crippen LogP) is 5.27. The van der Waals surface area contributed by atoms with Gasteiger partial charge in [0.1, 0.15) is 12.1 Å². The van der Waals surface area contributed by atoms with E-state index in [0.717, 1.165) is 11.6 Å². The van der Waals surface area contributed by atoms with Crippen LogP contribution in [-0.4, -0.2) is 21.8 Å². The SMILES string of the molecule is NC(=O)c1cccc2c(NCc3cccc(NC(=O)c4ccc(Cl)c(C(F)(F)F)c4)c3)ncnc12. The number of nitrogens with one attached hydrogen (secondary N) is 2. The maximum Gasteiger partial charge on any atom is 0.417 e. The molecule has 0 aliphatic carbocycles. The number of hydrogen-bond acceptors (Lipinski definition) is 5. The van der Waals surface area contributed by atoms with Gasteiger partial charge in [0.25, 0.3) is 11.8 Å². The molecule has 4 aromatic rings. The molecular formula is C24H17ClF3N5O2. The lowest BCUT2D eigenvalue weighted by Crippen LogP contribution is -2.14. The van der Waals surface area contributed by atoms with E-state index >= 15 is 0 Å². The van der Waals surface area contributed by atoms with Crippen molar-refractivity contribution in [3.8, 4) is 0 Å². The Balaban J connectivity index is 1.51. The first-order valence-electron chi connectivity index (χ1n) is 10.2. The van der Waals surface area contributed by atoms with Crippen molar-refractivity contribution in [3.63, 3.8) is 0 Å². The molecule has 0 aliphatic heterocycles. The van der Waals surface area contributed by atoms with Crippen molar-refractivity contribution >= 4 is 45.8 Å². The lowest BCUT2D eigenvalue weighted by molar-refractivity contribution is -0.137. The van der Waals surface area contributed by atoms with Crippen LogP contribution < -0.4 is 16.4 Å². The highest BCUT2D eigenvalue weighted by Crippen LogP contribution is 2.35. The Labute approximate surface area is 202 Å². The van der Waals surface area contributed by atoms with Crippen LogP contribution in [0.15, 0.2) is 67.0 Å². The molecule has 0 atom stereocenters. The third-order valence-corrected chi connectivity index (χ3v) is 5.44. The number of fused-ring (bicyclic) bond motifs is 1. The number of benzene rings is 3. The van der Waals surface area contributed by atoms with Crippen molar-refractivity contribution in [3.05, 3.63) is 94.3 Å². The quantitative estimate of drug-likeness (QED) is 0.335. The summed E-state index contributed by atoms with van der Waals surface area (Å²) in [6, 6.07) is 14.7. The number of halogens is 4. The number of anilines is 2. The number of aromatic nitrogens is 2. The number of primary amides is 1. The van der Waals surface area contributed by atoms with Gasteiger partial charge in [-0.3, -0.25) is 9.59 Å². The molecule has 11 heteroatoms. The van der Waals surface area contributed by atoms with Gasteiger partial charge in [-0.2, -0.15) is 13.2 Å².